The van der Waals surface area contributed by atoms with E-state index in [0.29, 0.717) is 0 Å². The normalized spacial score (nSPS) is 17.6. The molecule has 0 amide bonds. The second-order valence-corrected chi connectivity index (χ2v) is 2.68. The third-order valence-electron chi connectivity index (χ3n) is 1.89. The molecule has 0 saturated heterocycles. The van der Waals surface area contributed by atoms with Gasteiger partial charge in [-0.25, -0.2) is 0 Å². The van der Waals surface area contributed by atoms with Gasteiger partial charge in [0.2, 0.25) is 0 Å². The summed E-state index contributed by atoms with van der Waals surface area (Å²) in [7, 11) is 0. The number of carbonyl (C=O) groups excluding carboxylic acids is 1. The van der Waals surface area contributed by atoms with Crippen molar-refractivity contribution in [3.8, 4) is 0 Å². The van der Waals surface area contributed by atoms with Crippen molar-refractivity contribution in [1.82, 2.24) is 0 Å². The van der Waals surface area contributed by atoms with E-state index in [1.54, 1.807) is 24.3 Å². The van der Waals surface area contributed by atoms with Crippen molar-refractivity contribution in [2.24, 2.45) is 0 Å². The van der Waals surface area contributed by atoms with Crippen molar-refractivity contribution in [2.75, 3.05) is 0 Å². The number of carbonyl (C=O) groups is 1. The zero-order valence-corrected chi connectivity index (χ0v) is 7.05. The summed E-state index contributed by atoms with van der Waals surface area (Å²) in [5.74, 6) is 0.148. The molecule has 1 heteroatoms. The molecule has 0 heterocycles. The number of hydrogen-bond acceptors (Lipinski definition) is 1. The molecule has 0 aliphatic heterocycles. The molecule has 1 fully saturated rings. The molecular formula is C15H28O. The molecule has 1 nitrogen and oxygen atoms in total. The lowest BCUT2D eigenvalue weighted by Gasteiger charge is -1.90. The van der Waals surface area contributed by atoms with E-state index >= 15 is 0 Å². The summed E-state index contributed by atoms with van der Waals surface area (Å²) >= 11 is 0. The molecule has 0 spiro atoms. The second-order valence-electron chi connectivity index (χ2n) is 2.68. The van der Waals surface area contributed by atoms with Crippen LogP contribution in [0.4, 0.5) is 0 Å². The molecule has 0 bridgehead atoms. The van der Waals surface area contributed by atoms with Gasteiger partial charge in [0.25, 0.3) is 0 Å². The Kier molecular flexibility index (Phi) is 17.6. The van der Waals surface area contributed by atoms with Crippen molar-refractivity contribution in [1.29, 1.82) is 0 Å². The highest BCUT2D eigenvalue weighted by Gasteiger charge is 2.21. The molecule has 0 unspecified atom stereocenters. The predicted molar refractivity (Wildman–Crippen MR) is 77.7 cm³/mol. The minimum atomic E-state index is 0. The summed E-state index contributed by atoms with van der Waals surface area (Å²) in [5.41, 5.74) is 1.72. The van der Waals surface area contributed by atoms with Gasteiger partial charge in [-0.3, -0.25) is 4.79 Å². The first-order valence-electron chi connectivity index (χ1n) is 3.97. The molecule has 1 aliphatic carbocycles. The van der Waals surface area contributed by atoms with E-state index in [2.05, 4.69) is 13.2 Å². The van der Waals surface area contributed by atoms with Gasteiger partial charge in [-0.05, 0) is 12.8 Å². The lowest BCUT2D eigenvalue weighted by Crippen LogP contribution is -1.94. The van der Waals surface area contributed by atoms with Crippen molar-refractivity contribution in [2.45, 2.75) is 42.5 Å². The molecule has 0 atom stereocenters. The van der Waals surface area contributed by atoms with Gasteiger partial charge >= 0.3 is 0 Å². The Morgan fingerprint density at radius 3 is 1.38 bits per heavy atom. The Balaban J connectivity index is -0.000000180. The number of hydrogen-bond donors (Lipinski definition) is 0. The topological polar surface area (TPSA) is 17.1 Å². The molecule has 0 N–H and O–H groups in total. The van der Waals surface area contributed by atoms with Gasteiger partial charge in [0.1, 0.15) is 0 Å². The predicted octanol–water partition coefficient (Wildman–Crippen LogP) is 5.12. The van der Waals surface area contributed by atoms with E-state index in [-0.39, 0.29) is 35.5 Å². The van der Waals surface area contributed by atoms with Gasteiger partial charge in [0.15, 0.2) is 5.78 Å². The van der Waals surface area contributed by atoms with Crippen LogP contribution >= 0.6 is 0 Å². The fourth-order valence-corrected chi connectivity index (χ4v) is 1.31. The Morgan fingerprint density at radius 2 is 1.12 bits per heavy atom. The van der Waals surface area contributed by atoms with E-state index in [1.807, 2.05) is 0 Å². The van der Waals surface area contributed by atoms with E-state index in [9.17, 15) is 4.79 Å². The van der Waals surface area contributed by atoms with E-state index < -0.39 is 0 Å². The van der Waals surface area contributed by atoms with E-state index in [0.717, 1.165) is 24.0 Å². The maximum absolute atomic E-state index is 11.5. The molecule has 1 rings (SSSR count). The Hall–Kier alpha value is -1.37. The highest BCUT2D eigenvalue weighted by Crippen LogP contribution is 2.25. The van der Waals surface area contributed by atoms with Crippen LogP contribution in [0.25, 0.3) is 0 Å². The summed E-state index contributed by atoms with van der Waals surface area (Å²) in [5, 5.41) is 0. The molecule has 16 heavy (non-hydrogen) atoms. The standard InChI is InChI=1S/C11H12O.4CH4/c1-3-5-9-7-8-10(6-4-2)11(9)12;;;;/h3-6H,1-2,7-8H2;4*1H4. The molecule has 1 aliphatic rings. The second kappa shape index (κ2) is 11.7. The Labute approximate surface area is 102 Å². The summed E-state index contributed by atoms with van der Waals surface area (Å²) in [6, 6.07) is 0. The summed E-state index contributed by atoms with van der Waals surface area (Å²) < 4.78 is 0. The fraction of sp³-hybridized carbons (Fsp3) is 0.400. The maximum Gasteiger partial charge on any atom is 0.185 e. The monoisotopic (exact) mass is 224 g/mol. The summed E-state index contributed by atoms with van der Waals surface area (Å²) in [6.45, 7) is 7.12. The van der Waals surface area contributed by atoms with Crippen LogP contribution in [0.3, 0.4) is 0 Å². The van der Waals surface area contributed by atoms with Crippen LogP contribution in [0.1, 0.15) is 42.5 Å². The van der Waals surface area contributed by atoms with E-state index in [1.165, 1.54) is 0 Å². The van der Waals surface area contributed by atoms with Gasteiger partial charge in [-0.2, -0.15) is 0 Å². The lowest BCUT2D eigenvalue weighted by atomic mass is 10.1. The number of ketones is 1. The molecular weight excluding hydrogens is 196 g/mol. The third kappa shape index (κ3) is 5.50. The largest absolute Gasteiger partial charge is 0.289 e. The molecule has 94 valence electrons. The van der Waals surface area contributed by atoms with Gasteiger partial charge in [0, 0.05) is 11.1 Å². The van der Waals surface area contributed by atoms with Crippen LogP contribution < -0.4 is 0 Å². The summed E-state index contributed by atoms with van der Waals surface area (Å²) in [4.78, 5) is 11.5. The first kappa shape index (κ1) is 24.1. The minimum Gasteiger partial charge on any atom is -0.289 e. The SMILES string of the molecule is C.C.C.C.C=CC=C1CCC(=CC=C)C1=O. The van der Waals surface area contributed by atoms with Crippen LogP contribution in [-0.2, 0) is 4.79 Å². The average Bonchev–Trinajstić information content (AvgIpc) is 2.38. The molecule has 0 radical (unpaired) electrons. The lowest BCUT2D eigenvalue weighted by molar-refractivity contribution is -0.111. The van der Waals surface area contributed by atoms with Crippen LogP contribution in [0, 0.1) is 0 Å². The summed E-state index contributed by atoms with van der Waals surface area (Å²) in [6.07, 6.45) is 8.56. The van der Waals surface area contributed by atoms with Crippen LogP contribution in [0.5, 0.6) is 0 Å². The average molecular weight is 224 g/mol. The first-order valence-corrected chi connectivity index (χ1v) is 3.97. The van der Waals surface area contributed by atoms with E-state index in [4.69, 9.17) is 0 Å². The molecule has 0 aromatic carbocycles. The smallest absolute Gasteiger partial charge is 0.185 e. The highest BCUT2D eigenvalue weighted by atomic mass is 16.1. The number of rotatable bonds is 2. The third-order valence-corrected chi connectivity index (χ3v) is 1.89. The van der Waals surface area contributed by atoms with Crippen molar-refractivity contribution < 1.29 is 4.79 Å². The molecule has 0 aromatic rings. The Bertz CT molecular complexity index is 252. The molecule has 1 saturated carbocycles. The van der Waals surface area contributed by atoms with Gasteiger partial charge in [-0.15, -0.1) is 0 Å². The molecule has 0 aromatic heterocycles. The number of allylic oxidation sites excluding steroid dienone is 6. The van der Waals surface area contributed by atoms with Crippen molar-refractivity contribution in [3.63, 3.8) is 0 Å². The zero-order valence-electron chi connectivity index (χ0n) is 7.05. The fourth-order valence-electron chi connectivity index (χ4n) is 1.31. The maximum atomic E-state index is 11.5. The Morgan fingerprint density at radius 1 is 0.812 bits per heavy atom. The first-order chi connectivity index (χ1) is 5.79. The van der Waals surface area contributed by atoms with Gasteiger partial charge in [0.05, 0.1) is 0 Å². The zero-order chi connectivity index (χ0) is 8.97. The van der Waals surface area contributed by atoms with Crippen molar-refractivity contribution in [3.05, 3.63) is 48.6 Å². The van der Waals surface area contributed by atoms with Crippen LogP contribution in [0.15, 0.2) is 48.6 Å². The van der Waals surface area contributed by atoms with Crippen molar-refractivity contribution >= 4 is 5.78 Å². The highest BCUT2D eigenvalue weighted by molar-refractivity contribution is 6.10. The van der Waals surface area contributed by atoms with Gasteiger partial charge in [-0.1, -0.05) is 67.2 Å². The quantitative estimate of drug-likeness (QED) is 0.595. The number of Topliss-reactive ketones (excluding diaryl/α,β-unsaturated/α-hetero) is 1. The van der Waals surface area contributed by atoms with Crippen LogP contribution in [0.2, 0.25) is 0 Å². The van der Waals surface area contributed by atoms with Crippen LogP contribution in [-0.4, -0.2) is 5.78 Å². The minimum absolute atomic E-state index is 0. The van der Waals surface area contributed by atoms with Gasteiger partial charge < -0.3 is 0 Å².